The summed E-state index contributed by atoms with van der Waals surface area (Å²) in [6.07, 6.45) is 0.768. The molecule has 0 saturated heterocycles. The molecule has 6 heteroatoms. The van der Waals surface area contributed by atoms with Crippen molar-refractivity contribution in [3.8, 4) is 11.5 Å². The summed E-state index contributed by atoms with van der Waals surface area (Å²) in [5, 5.41) is 3.97. The van der Waals surface area contributed by atoms with Crippen molar-refractivity contribution in [3.05, 3.63) is 40.8 Å². The van der Waals surface area contributed by atoms with Crippen LogP contribution in [0.2, 0.25) is 0 Å². The minimum atomic E-state index is -0.0549. The van der Waals surface area contributed by atoms with Crippen molar-refractivity contribution in [1.29, 1.82) is 0 Å². The molecule has 0 spiro atoms. The summed E-state index contributed by atoms with van der Waals surface area (Å²) < 4.78 is 15.7. The van der Waals surface area contributed by atoms with Gasteiger partial charge in [-0.25, -0.2) is 0 Å². The molecule has 2 aromatic rings. The summed E-state index contributed by atoms with van der Waals surface area (Å²) in [6, 6.07) is 5.17. The first-order valence-corrected chi connectivity index (χ1v) is 7.09. The first-order valence-electron chi connectivity index (χ1n) is 7.09. The number of carbonyl (C=O) groups excluding carboxylic acids is 1. The number of rotatable bonds is 3. The molecule has 1 aliphatic heterocycles. The van der Waals surface area contributed by atoms with Crippen LogP contribution in [0.15, 0.2) is 22.7 Å². The Morgan fingerprint density at radius 3 is 2.77 bits per heavy atom. The molecular formula is C16H18N2O4. The Labute approximate surface area is 128 Å². The molecule has 6 nitrogen and oxygen atoms in total. The van der Waals surface area contributed by atoms with Gasteiger partial charge in [-0.2, -0.15) is 0 Å². The van der Waals surface area contributed by atoms with Crippen molar-refractivity contribution < 1.29 is 18.8 Å². The second kappa shape index (κ2) is 5.71. The van der Waals surface area contributed by atoms with Crippen LogP contribution in [0.4, 0.5) is 0 Å². The Morgan fingerprint density at radius 1 is 1.27 bits per heavy atom. The molecule has 1 amide bonds. The second-order valence-electron chi connectivity index (χ2n) is 5.22. The molecule has 0 radical (unpaired) electrons. The van der Waals surface area contributed by atoms with E-state index in [2.05, 4.69) is 5.16 Å². The topological polar surface area (TPSA) is 64.8 Å². The number of aryl methyl sites for hydroxylation is 1. The lowest BCUT2D eigenvalue weighted by atomic mass is 10.0. The molecule has 3 rings (SSSR count). The van der Waals surface area contributed by atoms with Crippen molar-refractivity contribution in [1.82, 2.24) is 10.1 Å². The van der Waals surface area contributed by atoms with Gasteiger partial charge in [-0.15, -0.1) is 0 Å². The van der Waals surface area contributed by atoms with Crippen molar-refractivity contribution in [2.24, 2.45) is 0 Å². The average molecular weight is 302 g/mol. The molecule has 22 heavy (non-hydrogen) atoms. The molecule has 1 aliphatic rings. The van der Waals surface area contributed by atoms with E-state index in [0.717, 1.165) is 23.4 Å². The predicted molar refractivity (Wildman–Crippen MR) is 79.2 cm³/mol. The van der Waals surface area contributed by atoms with Crippen molar-refractivity contribution >= 4 is 5.91 Å². The standard InChI is InChI=1S/C16H18N2O4/c1-10-12-6-7-18(9-15(12)22-17-10)16(19)11-4-5-13(20-2)14(8-11)21-3/h4-5,8H,6-7,9H2,1-3H3. The smallest absolute Gasteiger partial charge is 0.254 e. The van der Waals surface area contributed by atoms with Crippen LogP contribution in [-0.4, -0.2) is 36.7 Å². The zero-order valence-corrected chi connectivity index (χ0v) is 12.9. The number of amides is 1. The Kier molecular flexibility index (Phi) is 3.75. The molecule has 1 aromatic heterocycles. The normalized spacial score (nSPS) is 13.7. The van der Waals surface area contributed by atoms with Gasteiger partial charge in [0.25, 0.3) is 5.91 Å². The van der Waals surface area contributed by atoms with Gasteiger partial charge in [0.05, 0.1) is 26.5 Å². The van der Waals surface area contributed by atoms with Crippen LogP contribution in [0, 0.1) is 6.92 Å². The lowest BCUT2D eigenvalue weighted by Gasteiger charge is -2.26. The van der Waals surface area contributed by atoms with E-state index in [4.69, 9.17) is 14.0 Å². The Balaban J connectivity index is 1.83. The molecule has 0 unspecified atom stereocenters. The monoisotopic (exact) mass is 302 g/mol. The van der Waals surface area contributed by atoms with E-state index in [1.807, 2.05) is 6.92 Å². The number of fused-ring (bicyclic) bond motifs is 1. The fraction of sp³-hybridized carbons (Fsp3) is 0.375. The number of nitrogens with zero attached hydrogens (tertiary/aromatic N) is 2. The molecule has 0 saturated carbocycles. The zero-order valence-electron chi connectivity index (χ0n) is 12.9. The van der Waals surface area contributed by atoms with Gasteiger partial charge in [-0.05, 0) is 31.5 Å². The minimum absolute atomic E-state index is 0.0549. The third kappa shape index (κ3) is 2.41. The van der Waals surface area contributed by atoms with E-state index in [9.17, 15) is 4.79 Å². The molecule has 0 aliphatic carbocycles. The van der Waals surface area contributed by atoms with Gasteiger partial charge >= 0.3 is 0 Å². The van der Waals surface area contributed by atoms with Crippen LogP contribution in [0.1, 0.15) is 27.4 Å². The van der Waals surface area contributed by atoms with E-state index >= 15 is 0 Å². The maximum atomic E-state index is 12.7. The predicted octanol–water partition coefficient (Wildman–Crippen LogP) is 2.20. The molecule has 2 heterocycles. The van der Waals surface area contributed by atoms with Gasteiger partial charge in [0.15, 0.2) is 17.3 Å². The first kappa shape index (κ1) is 14.4. The highest BCUT2D eigenvalue weighted by molar-refractivity contribution is 5.95. The van der Waals surface area contributed by atoms with E-state index in [-0.39, 0.29) is 5.91 Å². The van der Waals surface area contributed by atoms with Gasteiger partial charge in [-0.1, -0.05) is 5.16 Å². The molecule has 0 bridgehead atoms. The quantitative estimate of drug-likeness (QED) is 0.869. The number of methoxy groups -OCH3 is 2. The molecule has 0 fully saturated rings. The Hall–Kier alpha value is -2.50. The molecule has 116 valence electrons. The highest BCUT2D eigenvalue weighted by Crippen LogP contribution is 2.29. The molecule has 1 aromatic carbocycles. The second-order valence-corrected chi connectivity index (χ2v) is 5.22. The summed E-state index contributed by atoms with van der Waals surface area (Å²) in [4.78, 5) is 14.4. The third-order valence-electron chi connectivity index (χ3n) is 3.95. The third-order valence-corrected chi connectivity index (χ3v) is 3.95. The van der Waals surface area contributed by atoms with Gasteiger partial charge in [-0.3, -0.25) is 4.79 Å². The Bertz CT molecular complexity index is 708. The first-order chi connectivity index (χ1) is 10.6. The average Bonchev–Trinajstić information content (AvgIpc) is 2.94. The van der Waals surface area contributed by atoms with Crippen LogP contribution < -0.4 is 9.47 Å². The van der Waals surface area contributed by atoms with Crippen LogP contribution >= 0.6 is 0 Å². The number of hydrogen-bond donors (Lipinski definition) is 0. The fourth-order valence-electron chi connectivity index (χ4n) is 2.70. The molecule has 0 N–H and O–H groups in total. The highest BCUT2D eigenvalue weighted by atomic mass is 16.5. The van der Waals surface area contributed by atoms with Crippen LogP contribution in [-0.2, 0) is 13.0 Å². The fourth-order valence-corrected chi connectivity index (χ4v) is 2.70. The number of hydrogen-bond acceptors (Lipinski definition) is 5. The summed E-state index contributed by atoms with van der Waals surface area (Å²) >= 11 is 0. The van der Waals surface area contributed by atoms with E-state index < -0.39 is 0 Å². The molecular weight excluding hydrogens is 284 g/mol. The molecule has 0 atom stereocenters. The van der Waals surface area contributed by atoms with Gasteiger partial charge in [0, 0.05) is 17.7 Å². The van der Waals surface area contributed by atoms with Gasteiger partial charge < -0.3 is 18.9 Å². The largest absolute Gasteiger partial charge is 0.493 e. The number of aromatic nitrogens is 1. The zero-order chi connectivity index (χ0) is 15.7. The summed E-state index contributed by atoms with van der Waals surface area (Å²) in [5.74, 6) is 1.87. The summed E-state index contributed by atoms with van der Waals surface area (Å²) in [5.41, 5.74) is 2.60. The van der Waals surface area contributed by atoms with Crippen molar-refractivity contribution in [3.63, 3.8) is 0 Å². The minimum Gasteiger partial charge on any atom is -0.493 e. The SMILES string of the molecule is COc1ccc(C(=O)N2CCc3c(C)noc3C2)cc1OC. The van der Waals surface area contributed by atoms with Gasteiger partial charge in [0.2, 0.25) is 0 Å². The summed E-state index contributed by atoms with van der Waals surface area (Å²) in [7, 11) is 3.12. The van der Waals surface area contributed by atoms with Crippen molar-refractivity contribution in [2.75, 3.05) is 20.8 Å². The number of benzene rings is 1. The van der Waals surface area contributed by atoms with E-state index in [0.29, 0.717) is 30.2 Å². The maximum absolute atomic E-state index is 12.7. The van der Waals surface area contributed by atoms with Gasteiger partial charge in [0.1, 0.15) is 0 Å². The van der Waals surface area contributed by atoms with Crippen LogP contribution in [0.25, 0.3) is 0 Å². The van der Waals surface area contributed by atoms with Crippen LogP contribution in [0.3, 0.4) is 0 Å². The van der Waals surface area contributed by atoms with E-state index in [1.165, 1.54) is 0 Å². The van der Waals surface area contributed by atoms with E-state index in [1.54, 1.807) is 37.3 Å². The lowest BCUT2D eigenvalue weighted by Crippen LogP contribution is -2.35. The lowest BCUT2D eigenvalue weighted by molar-refractivity contribution is 0.0715. The van der Waals surface area contributed by atoms with Crippen molar-refractivity contribution in [2.45, 2.75) is 19.9 Å². The highest BCUT2D eigenvalue weighted by Gasteiger charge is 2.26. The Morgan fingerprint density at radius 2 is 2.05 bits per heavy atom. The number of carbonyl (C=O) groups is 1. The summed E-state index contributed by atoms with van der Waals surface area (Å²) in [6.45, 7) is 3.03. The maximum Gasteiger partial charge on any atom is 0.254 e. The van der Waals surface area contributed by atoms with Crippen LogP contribution in [0.5, 0.6) is 11.5 Å². The number of ether oxygens (including phenoxy) is 2.